The Morgan fingerprint density at radius 2 is 2.10 bits per heavy atom. The minimum absolute atomic E-state index is 0.0334. The molecule has 1 saturated heterocycles. The molecule has 1 fully saturated rings. The Hall–Kier alpha value is -1.39. The van der Waals surface area contributed by atoms with Crippen molar-refractivity contribution in [3.63, 3.8) is 0 Å². The summed E-state index contributed by atoms with van der Waals surface area (Å²) in [6.07, 6.45) is 1.71. The van der Waals surface area contributed by atoms with Gasteiger partial charge in [0.1, 0.15) is 0 Å². The van der Waals surface area contributed by atoms with Crippen LogP contribution in [0.5, 0.6) is 0 Å². The molecule has 0 aromatic heterocycles. The van der Waals surface area contributed by atoms with Crippen molar-refractivity contribution >= 4 is 5.91 Å². The van der Waals surface area contributed by atoms with Gasteiger partial charge < -0.3 is 11.1 Å². The van der Waals surface area contributed by atoms with E-state index in [-0.39, 0.29) is 24.0 Å². The zero-order valence-electron chi connectivity index (χ0n) is 13.3. The molecular formula is C17H27N3O. The van der Waals surface area contributed by atoms with Gasteiger partial charge in [0.15, 0.2) is 0 Å². The second kappa shape index (κ2) is 7.05. The lowest BCUT2D eigenvalue weighted by Gasteiger charge is -2.43. The summed E-state index contributed by atoms with van der Waals surface area (Å²) in [5.41, 5.74) is 8.93. The predicted molar refractivity (Wildman–Crippen MR) is 86.0 cm³/mol. The fourth-order valence-electron chi connectivity index (χ4n) is 3.28. The van der Waals surface area contributed by atoms with E-state index in [1.807, 2.05) is 6.07 Å². The molecule has 116 valence electrons. The molecule has 3 unspecified atom stereocenters. The molecule has 0 radical (unpaired) electrons. The number of rotatable bonds is 5. The Kier molecular flexibility index (Phi) is 5.37. The summed E-state index contributed by atoms with van der Waals surface area (Å²) < 4.78 is 0. The van der Waals surface area contributed by atoms with Crippen LogP contribution in [0.3, 0.4) is 0 Å². The third-order valence-corrected chi connectivity index (χ3v) is 4.50. The van der Waals surface area contributed by atoms with Crippen LogP contribution < -0.4 is 11.1 Å². The van der Waals surface area contributed by atoms with Gasteiger partial charge in [0.25, 0.3) is 0 Å². The van der Waals surface area contributed by atoms with Crippen LogP contribution in [0, 0.1) is 6.92 Å². The normalized spacial score (nSPS) is 22.7. The number of benzene rings is 1. The van der Waals surface area contributed by atoms with Crippen LogP contribution >= 0.6 is 0 Å². The van der Waals surface area contributed by atoms with Gasteiger partial charge in [-0.1, -0.05) is 38.1 Å². The Balaban J connectivity index is 2.40. The van der Waals surface area contributed by atoms with Gasteiger partial charge >= 0.3 is 0 Å². The Bertz CT molecular complexity index is 489. The summed E-state index contributed by atoms with van der Waals surface area (Å²) in [7, 11) is 0. The number of nitrogens with two attached hydrogens (primary N) is 1. The minimum Gasteiger partial charge on any atom is -0.353 e. The van der Waals surface area contributed by atoms with Crippen molar-refractivity contribution in [3.8, 4) is 0 Å². The molecule has 0 saturated carbocycles. The van der Waals surface area contributed by atoms with Crippen LogP contribution in [0.4, 0.5) is 0 Å². The number of hydrogen-bond acceptors (Lipinski definition) is 3. The van der Waals surface area contributed by atoms with Crippen molar-refractivity contribution in [3.05, 3.63) is 35.4 Å². The molecule has 1 aliphatic heterocycles. The van der Waals surface area contributed by atoms with Crippen molar-refractivity contribution in [2.45, 2.75) is 51.7 Å². The van der Waals surface area contributed by atoms with Crippen LogP contribution in [-0.4, -0.2) is 36.0 Å². The van der Waals surface area contributed by atoms with Crippen molar-refractivity contribution < 1.29 is 4.79 Å². The molecule has 2 rings (SSSR count). The van der Waals surface area contributed by atoms with Crippen molar-refractivity contribution in [2.75, 3.05) is 13.1 Å². The van der Waals surface area contributed by atoms with Crippen LogP contribution in [0.15, 0.2) is 24.3 Å². The van der Waals surface area contributed by atoms with Crippen LogP contribution in [-0.2, 0) is 4.79 Å². The second-order valence-electron chi connectivity index (χ2n) is 5.83. The van der Waals surface area contributed by atoms with Crippen molar-refractivity contribution in [1.29, 1.82) is 0 Å². The second-order valence-corrected chi connectivity index (χ2v) is 5.83. The van der Waals surface area contributed by atoms with E-state index < -0.39 is 0 Å². The molecule has 1 aliphatic rings. The van der Waals surface area contributed by atoms with Crippen LogP contribution in [0.25, 0.3) is 0 Å². The molecule has 3 atom stereocenters. The molecule has 1 amide bonds. The monoisotopic (exact) mass is 289 g/mol. The molecule has 21 heavy (non-hydrogen) atoms. The lowest BCUT2D eigenvalue weighted by Crippen LogP contribution is -2.58. The molecule has 1 heterocycles. The summed E-state index contributed by atoms with van der Waals surface area (Å²) in [5, 5.41) is 2.97. The van der Waals surface area contributed by atoms with Gasteiger partial charge in [0.2, 0.25) is 5.91 Å². The van der Waals surface area contributed by atoms with Crippen LogP contribution in [0.1, 0.15) is 43.9 Å². The molecule has 3 N–H and O–H groups in total. The first kappa shape index (κ1) is 16.0. The molecule has 4 heteroatoms. The van der Waals surface area contributed by atoms with E-state index in [9.17, 15) is 4.79 Å². The smallest absolute Gasteiger partial charge is 0.237 e. The Labute approximate surface area is 127 Å². The highest BCUT2D eigenvalue weighted by atomic mass is 16.2. The maximum Gasteiger partial charge on any atom is 0.237 e. The molecular weight excluding hydrogens is 262 g/mol. The number of amides is 1. The third kappa shape index (κ3) is 3.27. The Morgan fingerprint density at radius 3 is 2.71 bits per heavy atom. The van der Waals surface area contributed by atoms with Gasteiger partial charge in [-0.05, 0) is 30.9 Å². The highest BCUT2D eigenvalue weighted by Crippen LogP contribution is 2.31. The average Bonchev–Trinajstić information content (AvgIpc) is 2.49. The largest absolute Gasteiger partial charge is 0.353 e. The lowest BCUT2D eigenvalue weighted by atomic mass is 9.90. The fourth-order valence-corrected chi connectivity index (χ4v) is 3.28. The fraction of sp³-hybridized carbons (Fsp3) is 0.588. The van der Waals surface area contributed by atoms with E-state index in [0.717, 1.165) is 19.4 Å². The standard InChI is InChI=1S/C17H27N3O/c1-4-14(18)16(13-9-7-6-8-12(13)3)20-11-10-19-17(21)15(20)5-2/h6-9,14-16H,4-5,10-11,18H2,1-3H3,(H,19,21). The van der Waals surface area contributed by atoms with E-state index in [2.05, 4.69) is 49.2 Å². The zero-order valence-corrected chi connectivity index (χ0v) is 13.3. The van der Waals surface area contributed by atoms with E-state index in [1.54, 1.807) is 0 Å². The first-order valence-electron chi connectivity index (χ1n) is 7.94. The number of nitrogens with one attached hydrogen (secondary N) is 1. The van der Waals surface area contributed by atoms with Crippen LogP contribution in [0.2, 0.25) is 0 Å². The Morgan fingerprint density at radius 1 is 1.38 bits per heavy atom. The number of carbonyl (C=O) groups is 1. The SMILES string of the molecule is CCC(N)C(c1ccccc1C)N1CCNC(=O)C1CC. The summed E-state index contributed by atoms with van der Waals surface area (Å²) >= 11 is 0. The van der Waals surface area contributed by atoms with Gasteiger partial charge in [-0.2, -0.15) is 0 Å². The maximum atomic E-state index is 12.2. The number of hydrogen-bond donors (Lipinski definition) is 2. The number of carbonyl (C=O) groups excluding carboxylic acids is 1. The zero-order chi connectivity index (χ0) is 15.4. The number of aryl methyl sites for hydroxylation is 1. The topological polar surface area (TPSA) is 58.4 Å². The van der Waals surface area contributed by atoms with Gasteiger partial charge in [-0.15, -0.1) is 0 Å². The lowest BCUT2D eigenvalue weighted by molar-refractivity contribution is -0.130. The predicted octanol–water partition coefficient (Wildman–Crippen LogP) is 1.98. The van der Waals surface area contributed by atoms with Crippen molar-refractivity contribution in [1.82, 2.24) is 10.2 Å². The maximum absolute atomic E-state index is 12.2. The molecule has 0 aliphatic carbocycles. The summed E-state index contributed by atoms with van der Waals surface area (Å²) in [5.74, 6) is 0.130. The van der Waals surface area contributed by atoms with E-state index in [1.165, 1.54) is 11.1 Å². The summed E-state index contributed by atoms with van der Waals surface area (Å²) in [6.45, 7) is 7.86. The van der Waals surface area contributed by atoms with Gasteiger partial charge in [0, 0.05) is 19.1 Å². The number of piperazine rings is 1. The highest BCUT2D eigenvalue weighted by Gasteiger charge is 2.36. The summed E-state index contributed by atoms with van der Waals surface area (Å²) in [6, 6.07) is 8.43. The van der Waals surface area contributed by atoms with Gasteiger partial charge in [-0.25, -0.2) is 0 Å². The molecule has 4 nitrogen and oxygen atoms in total. The van der Waals surface area contributed by atoms with E-state index in [0.29, 0.717) is 6.54 Å². The first-order chi connectivity index (χ1) is 10.1. The van der Waals surface area contributed by atoms with Gasteiger partial charge in [0.05, 0.1) is 12.1 Å². The molecule has 0 bridgehead atoms. The third-order valence-electron chi connectivity index (χ3n) is 4.50. The van der Waals surface area contributed by atoms with E-state index >= 15 is 0 Å². The molecule has 0 spiro atoms. The minimum atomic E-state index is -0.0824. The molecule has 1 aromatic carbocycles. The van der Waals surface area contributed by atoms with Crippen molar-refractivity contribution in [2.24, 2.45) is 5.73 Å². The number of nitrogens with zero attached hydrogens (tertiary/aromatic N) is 1. The molecule has 1 aromatic rings. The quantitative estimate of drug-likeness (QED) is 0.871. The highest BCUT2D eigenvalue weighted by molar-refractivity contribution is 5.82. The summed E-state index contributed by atoms with van der Waals surface area (Å²) in [4.78, 5) is 14.5. The van der Waals surface area contributed by atoms with Gasteiger partial charge in [-0.3, -0.25) is 9.69 Å². The first-order valence-corrected chi connectivity index (χ1v) is 7.94. The average molecular weight is 289 g/mol. The van der Waals surface area contributed by atoms with E-state index in [4.69, 9.17) is 5.73 Å².